The Kier molecular flexibility index (Phi) is 6.22. The summed E-state index contributed by atoms with van der Waals surface area (Å²) in [5.74, 6) is -3.70. The number of rotatable bonds is 5. The second-order valence-electron chi connectivity index (χ2n) is 6.73. The Balaban J connectivity index is 1.67. The molecule has 0 aliphatic heterocycles. The summed E-state index contributed by atoms with van der Waals surface area (Å²) >= 11 is 0. The van der Waals surface area contributed by atoms with Crippen molar-refractivity contribution in [3.8, 4) is 5.69 Å². The van der Waals surface area contributed by atoms with E-state index in [9.17, 15) is 23.5 Å². The number of benzene rings is 2. The highest BCUT2D eigenvalue weighted by atomic mass is 19.1. The molecule has 1 heterocycles. The van der Waals surface area contributed by atoms with Gasteiger partial charge in [0, 0.05) is 12.6 Å². The van der Waals surface area contributed by atoms with Crippen LogP contribution >= 0.6 is 0 Å². The molecule has 0 spiro atoms. The van der Waals surface area contributed by atoms with Gasteiger partial charge < -0.3 is 15.7 Å². The van der Waals surface area contributed by atoms with E-state index < -0.39 is 41.7 Å². The minimum atomic E-state index is -1.65. The Morgan fingerprint density at radius 3 is 2.33 bits per heavy atom. The lowest BCUT2D eigenvalue weighted by atomic mass is 10.1. The minimum Gasteiger partial charge on any atom is -0.386 e. The molecular formula is C21H20F2N4O3. The van der Waals surface area contributed by atoms with Gasteiger partial charge in [0.15, 0.2) is 0 Å². The van der Waals surface area contributed by atoms with Crippen molar-refractivity contribution in [1.82, 2.24) is 15.1 Å². The fraction of sp³-hybridized carbons (Fsp3) is 0.190. The number of nitrogens with zero attached hydrogens (tertiary/aromatic N) is 2. The summed E-state index contributed by atoms with van der Waals surface area (Å²) in [6.07, 6.45) is -1.65. The summed E-state index contributed by atoms with van der Waals surface area (Å²) in [6, 6.07) is 12.1. The zero-order chi connectivity index (χ0) is 21.8. The number of anilines is 1. The first-order chi connectivity index (χ1) is 14.3. The Morgan fingerprint density at radius 2 is 1.70 bits per heavy atom. The van der Waals surface area contributed by atoms with Gasteiger partial charge in [-0.15, -0.1) is 0 Å². The highest BCUT2D eigenvalue weighted by Crippen LogP contribution is 2.20. The number of carbonyl (C=O) groups is 2. The van der Waals surface area contributed by atoms with Crippen molar-refractivity contribution < 1.29 is 23.5 Å². The van der Waals surface area contributed by atoms with Gasteiger partial charge in [0.25, 0.3) is 0 Å². The van der Waals surface area contributed by atoms with Gasteiger partial charge >= 0.3 is 11.8 Å². The molecular weight excluding hydrogens is 394 g/mol. The van der Waals surface area contributed by atoms with Gasteiger partial charge in [-0.1, -0.05) is 23.8 Å². The Labute approximate surface area is 171 Å². The van der Waals surface area contributed by atoms with Crippen molar-refractivity contribution in [3.63, 3.8) is 0 Å². The summed E-state index contributed by atoms with van der Waals surface area (Å²) in [6.45, 7) is 3.13. The average Bonchev–Trinajstić information content (AvgIpc) is 3.06. The van der Waals surface area contributed by atoms with Gasteiger partial charge in [0.2, 0.25) is 0 Å². The number of aliphatic hydroxyl groups is 1. The quantitative estimate of drug-likeness (QED) is 0.559. The number of halogens is 2. The molecule has 9 heteroatoms. The van der Waals surface area contributed by atoms with E-state index in [-0.39, 0.29) is 5.82 Å². The van der Waals surface area contributed by atoms with Gasteiger partial charge in [-0.25, -0.2) is 13.5 Å². The molecule has 3 N–H and O–H groups in total. The summed E-state index contributed by atoms with van der Waals surface area (Å²) < 4.78 is 28.9. The molecule has 0 radical (unpaired) electrons. The van der Waals surface area contributed by atoms with Crippen LogP contribution in [0.4, 0.5) is 14.6 Å². The molecule has 3 rings (SSSR count). The van der Waals surface area contributed by atoms with Crippen molar-refractivity contribution in [2.45, 2.75) is 20.0 Å². The van der Waals surface area contributed by atoms with Crippen molar-refractivity contribution in [3.05, 3.63) is 77.0 Å². The van der Waals surface area contributed by atoms with Crippen molar-refractivity contribution in [2.24, 2.45) is 0 Å². The zero-order valence-electron chi connectivity index (χ0n) is 16.3. The third kappa shape index (κ3) is 4.69. The van der Waals surface area contributed by atoms with Gasteiger partial charge in [-0.3, -0.25) is 9.59 Å². The summed E-state index contributed by atoms with van der Waals surface area (Å²) in [5, 5.41) is 18.9. The smallest absolute Gasteiger partial charge is 0.314 e. The van der Waals surface area contributed by atoms with Crippen LogP contribution < -0.4 is 10.6 Å². The molecule has 3 aromatic rings. The first-order valence-electron chi connectivity index (χ1n) is 9.11. The van der Waals surface area contributed by atoms with Crippen LogP contribution in [0.5, 0.6) is 0 Å². The topological polar surface area (TPSA) is 96.2 Å². The molecule has 2 aromatic carbocycles. The van der Waals surface area contributed by atoms with Crippen LogP contribution in [0, 0.1) is 25.5 Å². The number of hydrogen-bond acceptors (Lipinski definition) is 4. The Bertz CT molecular complexity index is 1060. The molecule has 2 amide bonds. The summed E-state index contributed by atoms with van der Waals surface area (Å²) in [4.78, 5) is 24.3. The first kappa shape index (κ1) is 21.1. The van der Waals surface area contributed by atoms with Crippen molar-refractivity contribution >= 4 is 17.6 Å². The van der Waals surface area contributed by atoms with Gasteiger partial charge in [0.05, 0.1) is 16.9 Å². The standard InChI is InChI=1S/C21H20F2N4O3/c1-12-6-8-14(9-7-12)27-18(10-13(2)26-27)25-21(30)20(29)24-11-17(28)19-15(22)4-3-5-16(19)23/h3-10,17,28H,11H2,1-2H3,(H,24,29)(H,25,30). The number of aliphatic hydroxyl groups excluding tert-OH is 1. The number of aryl methyl sites for hydroxylation is 2. The van der Waals surface area contributed by atoms with Crippen LogP contribution in [0.25, 0.3) is 5.69 Å². The van der Waals surface area contributed by atoms with E-state index in [0.717, 1.165) is 23.8 Å². The van der Waals surface area contributed by atoms with Gasteiger partial charge in [0.1, 0.15) is 23.6 Å². The predicted octanol–water partition coefficient (Wildman–Crippen LogP) is 2.56. The zero-order valence-corrected chi connectivity index (χ0v) is 16.3. The third-order valence-electron chi connectivity index (χ3n) is 4.35. The minimum absolute atomic E-state index is 0.275. The number of nitrogens with one attached hydrogen (secondary N) is 2. The maximum absolute atomic E-state index is 13.7. The van der Waals surface area contributed by atoms with Crippen LogP contribution in [0.3, 0.4) is 0 Å². The van der Waals surface area contributed by atoms with E-state index >= 15 is 0 Å². The molecule has 0 aliphatic rings. The molecule has 0 aliphatic carbocycles. The van der Waals surface area contributed by atoms with Crippen LogP contribution in [-0.4, -0.2) is 33.2 Å². The highest BCUT2D eigenvalue weighted by Gasteiger charge is 2.21. The average molecular weight is 414 g/mol. The molecule has 1 atom stereocenters. The molecule has 30 heavy (non-hydrogen) atoms. The normalized spacial score (nSPS) is 11.8. The molecule has 0 saturated carbocycles. The lowest BCUT2D eigenvalue weighted by Gasteiger charge is -2.14. The molecule has 7 nitrogen and oxygen atoms in total. The Hall–Kier alpha value is -3.59. The highest BCUT2D eigenvalue weighted by molar-refractivity contribution is 6.39. The molecule has 0 fully saturated rings. The molecule has 0 saturated heterocycles. The number of amides is 2. The van der Waals surface area contributed by atoms with Crippen LogP contribution in [0.15, 0.2) is 48.5 Å². The lowest BCUT2D eigenvalue weighted by molar-refractivity contribution is -0.136. The number of carbonyl (C=O) groups excluding carboxylic acids is 2. The van der Waals surface area contributed by atoms with E-state index in [1.807, 2.05) is 31.2 Å². The largest absolute Gasteiger partial charge is 0.386 e. The van der Waals surface area contributed by atoms with E-state index in [1.54, 1.807) is 13.0 Å². The monoisotopic (exact) mass is 414 g/mol. The second kappa shape index (κ2) is 8.83. The molecule has 1 unspecified atom stereocenters. The molecule has 156 valence electrons. The van der Waals surface area contributed by atoms with E-state index in [2.05, 4.69) is 15.7 Å². The Morgan fingerprint density at radius 1 is 1.07 bits per heavy atom. The third-order valence-corrected chi connectivity index (χ3v) is 4.35. The predicted molar refractivity (Wildman–Crippen MR) is 106 cm³/mol. The van der Waals surface area contributed by atoms with E-state index in [1.165, 1.54) is 4.68 Å². The summed E-state index contributed by atoms with van der Waals surface area (Å²) in [7, 11) is 0. The van der Waals surface area contributed by atoms with Gasteiger partial charge in [-0.05, 0) is 38.1 Å². The van der Waals surface area contributed by atoms with Crippen LogP contribution in [0.1, 0.15) is 22.9 Å². The maximum Gasteiger partial charge on any atom is 0.314 e. The van der Waals surface area contributed by atoms with Gasteiger partial charge in [-0.2, -0.15) is 5.10 Å². The summed E-state index contributed by atoms with van der Waals surface area (Å²) in [5.41, 5.74) is 1.79. The first-order valence-corrected chi connectivity index (χ1v) is 9.11. The van der Waals surface area contributed by atoms with Crippen molar-refractivity contribution in [2.75, 3.05) is 11.9 Å². The van der Waals surface area contributed by atoms with Crippen LogP contribution in [0.2, 0.25) is 0 Å². The van der Waals surface area contributed by atoms with Crippen molar-refractivity contribution in [1.29, 1.82) is 0 Å². The fourth-order valence-corrected chi connectivity index (χ4v) is 2.85. The molecule has 1 aromatic heterocycles. The SMILES string of the molecule is Cc1ccc(-n2nc(C)cc2NC(=O)C(=O)NCC(O)c2c(F)cccc2F)cc1. The second-order valence-corrected chi connectivity index (χ2v) is 6.73. The fourth-order valence-electron chi connectivity index (χ4n) is 2.85. The molecule has 0 bridgehead atoms. The lowest BCUT2D eigenvalue weighted by Crippen LogP contribution is -2.38. The van der Waals surface area contributed by atoms with Crippen LogP contribution in [-0.2, 0) is 9.59 Å². The maximum atomic E-state index is 13.7. The number of aromatic nitrogens is 2. The van der Waals surface area contributed by atoms with E-state index in [4.69, 9.17) is 0 Å². The van der Waals surface area contributed by atoms with E-state index in [0.29, 0.717) is 11.4 Å². The number of hydrogen-bond donors (Lipinski definition) is 3.